The molecule has 0 saturated carbocycles. The lowest BCUT2D eigenvalue weighted by atomic mass is 10.2. The van der Waals surface area contributed by atoms with Gasteiger partial charge in [-0.2, -0.15) is 0 Å². The highest BCUT2D eigenvalue weighted by atomic mass is 16.4. The van der Waals surface area contributed by atoms with Gasteiger partial charge in [0.1, 0.15) is 0 Å². The molecule has 0 bridgehead atoms. The number of hydrogen-bond acceptors (Lipinski definition) is 3. The van der Waals surface area contributed by atoms with E-state index >= 15 is 0 Å². The number of carboxylic acid groups (broad SMARTS) is 1. The largest absolute Gasteiger partial charge is 0.478 e. The fraction of sp³-hybridized carbons (Fsp3) is 0. The van der Waals surface area contributed by atoms with Crippen LogP contribution in [0.25, 0.3) is 6.08 Å². The molecule has 0 radical (unpaired) electrons. The SMILES string of the molecule is O=C(O)/C=C/c1ccc(N2C(=O)C=CC2=O)cc1. The van der Waals surface area contributed by atoms with Gasteiger partial charge < -0.3 is 5.11 Å². The zero-order chi connectivity index (χ0) is 13.1. The second-order valence-electron chi connectivity index (χ2n) is 3.61. The van der Waals surface area contributed by atoms with Crippen molar-refractivity contribution in [2.45, 2.75) is 0 Å². The molecule has 2 rings (SSSR count). The first-order valence-corrected chi connectivity index (χ1v) is 5.15. The van der Waals surface area contributed by atoms with Gasteiger partial charge in [0.2, 0.25) is 0 Å². The molecule has 1 heterocycles. The van der Waals surface area contributed by atoms with Crippen molar-refractivity contribution in [3.63, 3.8) is 0 Å². The Morgan fingerprint density at radius 1 is 1.06 bits per heavy atom. The smallest absolute Gasteiger partial charge is 0.328 e. The number of carboxylic acids is 1. The van der Waals surface area contributed by atoms with Gasteiger partial charge >= 0.3 is 5.97 Å². The number of carbonyl (C=O) groups excluding carboxylic acids is 2. The molecule has 0 spiro atoms. The van der Waals surface area contributed by atoms with E-state index in [0.717, 1.165) is 11.0 Å². The normalized spacial score (nSPS) is 14.8. The number of amides is 2. The van der Waals surface area contributed by atoms with Crippen LogP contribution in [0, 0.1) is 0 Å². The molecular weight excluding hydrogens is 234 g/mol. The molecule has 5 heteroatoms. The van der Waals surface area contributed by atoms with E-state index in [-0.39, 0.29) is 11.8 Å². The molecule has 0 fully saturated rings. The lowest BCUT2D eigenvalue weighted by molar-refractivity contribution is -0.131. The molecule has 1 N–H and O–H groups in total. The van der Waals surface area contributed by atoms with Crippen LogP contribution in [-0.2, 0) is 14.4 Å². The lowest BCUT2D eigenvalue weighted by Crippen LogP contribution is -2.29. The van der Waals surface area contributed by atoms with Crippen LogP contribution in [0.1, 0.15) is 5.56 Å². The van der Waals surface area contributed by atoms with Crippen LogP contribution in [-0.4, -0.2) is 22.9 Å². The molecule has 0 saturated heterocycles. The van der Waals surface area contributed by atoms with E-state index in [1.165, 1.54) is 18.2 Å². The van der Waals surface area contributed by atoms with E-state index in [1.807, 2.05) is 0 Å². The van der Waals surface area contributed by atoms with E-state index in [1.54, 1.807) is 24.3 Å². The molecule has 1 aliphatic heterocycles. The predicted molar refractivity (Wildman–Crippen MR) is 64.7 cm³/mol. The summed E-state index contributed by atoms with van der Waals surface area (Å²) in [7, 11) is 0. The number of benzene rings is 1. The Balaban J connectivity index is 2.20. The molecule has 1 aliphatic rings. The second-order valence-corrected chi connectivity index (χ2v) is 3.61. The van der Waals surface area contributed by atoms with Crippen molar-refractivity contribution >= 4 is 29.5 Å². The van der Waals surface area contributed by atoms with Gasteiger partial charge in [0.25, 0.3) is 11.8 Å². The molecule has 0 atom stereocenters. The summed E-state index contributed by atoms with van der Waals surface area (Å²) in [6.45, 7) is 0. The number of rotatable bonds is 3. The minimum atomic E-state index is -1.03. The Hall–Kier alpha value is -2.69. The maximum Gasteiger partial charge on any atom is 0.328 e. The van der Waals surface area contributed by atoms with Crippen molar-refractivity contribution in [1.29, 1.82) is 0 Å². The Labute approximate surface area is 103 Å². The summed E-state index contributed by atoms with van der Waals surface area (Å²) in [4.78, 5) is 34.2. The summed E-state index contributed by atoms with van der Waals surface area (Å²) in [5.41, 5.74) is 1.13. The molecule has 0 unspecified atom stereocenters. The standard InChI is InChI=1S/C13H9NO4/c15-11-6-7-12(16)14(11)10-4-1-9(2-5-10)3-8-13(17)18/h1-8H,(H,17,18)/b8-3+. The van der Waals surface area contributed by atoms with Crippen LogP contribution in [0.2, 0.25) is 0 Å². The fourth-order valence-electron chi connectivity index (χ4n) is 1.56. The number of hydrogen-bond donors (Lipinski definition) is 1. The van der Waals surface area contributed by atoms with Crippen molar-refractivity contribution in [2.75, 3.05) is 4.90 Å². The molecule has 1 aromatic rings. The third kappa shape index (κ3) is 2.35. The molecule has 1 aromatic carbocycles. The van der Waals surface area contributed by atoms with E-state index in [0.29, 0.717) is 11.3 Å². The monoisotopic (exact) mass is 243 g/mol. The summed E-state index contributed by atoms with van der Waals surface area (Å²) in [5.74, 6) is -1.80. The third-order valence-electron chi connectivity index (χ3n) is 2.38. The Bertz CT molecular complexity index is 551. The highest BCUT2D eigenvalue weighted by molar-refractivity contribution is 6.28. The molecule has 5 nitrogen and oxygen atoms in total. The summed E-state index contributed by atoms with van der Waals surface area (Å²) >= 11 is 0. The van der Waals surface area contributed by atoms with Gasteiger partial charge in [0.05, 0.1) is 5.69 Å². The highest BCUT2D eigenvalue weighted by Crippen LogP contribution is 2.19. The summed E-state index contributed by atoms with van der Waals surface area (Å²) < 4.78 is 0. The van der Waals surface area contributed by atoms with Gasteiger partial charge in [-0.1, -0.05) is 12.1 Å². The van der Waals surface area contributed by atoms with Crippen molar-refractivity contribution in [3.05, 3.63) is 48.1 Å². The summed E-state index contributed by atoms with van der Waals surface area (Å²) in [6, 6.07) is 6.44. The topological polar surface area (TPSA) is 74.7 Å². The molecule has 90 valence electrons. The lowest BCUT2D eigenvalue weighted by Gasteiger charge is -2.13. The Morgan fingerprint density at radius 2 is 1.61 bits per heavy atom. The first kappa shape index (κ1) is 11.8. The summed E-state index contributed by atoms with van der Waals surface area (Å²) in [5, 5.41) is 8.48. The molecular formula is C13H9NO4. The first-order valence-electron chi connectivity index (χ1n) is 5.15. The van der Waals surface area contributed by atoms with Crippen molar-refractivity contribution in [2.24, 2.45) is 0 Å². The zero-order valence-corrected chi connectivity index (χ0v) is 9.24. The fourth-order valence-corrected chi connectivity index (χ4v) is 1.56. The van der Waals surface area contributed by atoms with Crippen LogP contribution in [0.4, 0.5) is 5.69 Å². The van der Waals surface area contributed by atoms with E-state index in [9.17, 15) is 14.4 Å². The van der Waals surface area contributed by atoms with Crippen LogP contribution < -0.4 is 4.90 Å². The Kier molecular flexibility index (Phi) is 3.05. The number of imide groups is 1. The number of nitrogens with zero attached hydrogens (tertiary/aromatic N) is 1. The van der Waals surface area contributed by atoms with Gasteiger partial charge in [-0.05, 0) is 23.8 Å². The minimum absolute atomic E-state index is 0.381. The van der Waals surface area contributed by atoms with Gasteiger partial charge in [0, 0.05) is 18.2 Å². The first-order chi connectivity index (χ1) is 8.58. The molecule has 2 amide bonds. The van der Waals surface area contributed by atoms with Crippen LogP contribution in [0.5, 0.6) is 0 Å². The maximum absolute atomic E-state index is 11.4. The second kappa shape index (κ2) is 4.67. The van der Waals surface area contributed by atoms with Crippen LogP contribution in [0.15, 0.2) is 42.5 Å². The van der Waals surface area contributed by atoms with Gasteiger partial charge in [-0.15, -0.1) is 0 Å². The highest BCUT2D eigenvalue weighted by Gasteiger charge is 2.24. The predicted octanol–water partition coefficient (Wildman–Crippen LogP) is 1.21. The van der Waals surface area contributed by atoms with Gasteiger partial charge in [-0.3, -0.25) is 9.59 Å². The zero-order valence-electron chi connectivity index (χ0n) is 9.24. The van der Waals surface area contributed by atoms with Crippen molar-refractivity contribution in [3.8, 4) is 0 Å². The third-order valence-corrected chi connectivity index (χ3v) is 2.38. The maximum atomic E-state index is 11.4. The van der Waals surface area contributed by atoms with Crippen molar-refractivity contribution in [1.82, 2.24) is 0 Å². The van der Waals surface area contributed by atoms with Gasteiger partial charge in [0.15, 0.2) is 0 Å². The average molecular weight is 243 g/mol. The number of carbonyl (C=O) groups is 3. The molecule has 0 aromatic heterocycles. The minimum Gasteiger partial charge on any atom is -0.478 e. The van der Waals surface area contributed by atoms with Crippen molar-refractivity contribution < 1.29 is 19.5 Å². The van der Waals surface area contributed by atoms with E-state index in [4.69, 9.17) is 5.11 Å². The van der Waals surface area contributed by atoms with E-state index < -0.39 is 5.97 Å². The number of anilines is 1. The van der Waals surface area contributed by atoms with Crippen LogP contribution >= 0.6 is 0 Å². The Morgan fingerprint density at radius 3 is 2.11 bits per heavy atom. The summed E-state index contributed by atoms with van der Waals surface area (Å²) in [6.07, 6.45) is 4.86. The van der Waals surface area contributed by atoms with E-state index in [2.05, 4.69) is 0 Å². The molecule has 0 aliphatic carbocycles. The average Bonchev–Trinajstić information content (AvgIpc) is 2.67. The molecule has 18 heavy (non-hydrogen) atoms. The number of aliphatic carboxylic acids is 1. The van der Waals surface area contributed by atoms with Gasteiger partial charge in [-0.25, -0.2) is 9.69 Å². The van der Waals surface area contributed by atoms with Crippen LogP contribution in [0.3, 0.4) is 0 Å². The quantitative estimate of drug-likeness (QED) is 0.639.